The monoisotopic (exact) mass is 333 g/mol. The Hall–Kier alpha value is -0.890. The number of nitrogens with zero attached hydrogens (tertiary/aromatic N) is 3. The van der Waals surface area contributed by atoms with E-state index in [1.807, 2.05) is 6.92 Å². The van der Waals surface area contributed by atoms with Crippen LogP contribution < -0.4 is 0 Å². The fraction of sp³-hybridized carbons (Fsp3) is 1.00. The van der Waals surface area contributed by atoms with Gasteiger partial charge in [0, 0.05) is 18.1 Å². The van der Waals surface area contributed by atoms with Gasteiger partial charge in [-0.25, -0.2) is 0 Å². The highest BCUT2D eigenvalue weighted by Crippen LogP contribution is 2.11. The highest BCUT2D eigenvalue weighted by atomic mass is 16.6. The Morgan fingerprint density at radius 3 is 2.39 bits per heavy atom. The van der Waals surface area contributed by atoms with E-state index in [0.717, 1.165) is 25.7 Å². The van der Waals surface area contributed by atoms with Gasteiger partial charge in [0.2, 0.25) is 0 Å². The van der Waals surface area contributed by atoms with Crippen molar-refractivity contribution in [1.29, 1.82) is 0 Å². The molecule has 0 aromatic carbocycles. The van der Waals surface area contributed by atoms with Crippen LogP contribution in [0, 0.1) is 0 Å². The molecule has 8 heteroatoms. The summed E-state index contributed by atoms with van der Waals surface area (Å²) in [5, 5.41) is 23.0. The van der Waals surface area contributed by atoms with E-state index >= 15 is 0 Å². The lowest BCUT2D eigenvalue weighted by Crippen LogP contribution is -2.41. The van der Waals surface area contributed by atoms with E-state index < -0.39 is 18.4 Å². The Morgan fingerprint density at radius 2 is 1.83 bits per heavy atom. The Kier molecular flexibility index (Phi) is 14.1. The summed E-state index contributed by atoms with van der Waals surface area (Å²) >= 11 is 0. The van der Waals surface area contributed by atoms with Gasteiger partial charge >= 0.3 is 0 Å². The van der Waals surface area contributed by atoms with E-state index in [0.29, 0.717) is 13.2 Å². The van der Waals surface area contributed by atoms with E-state index in [2.05, 4.69) is 16.9 Å². The van der Waals surface area contributed by atoms with Gasteiger partial charge in [-0.1, -0.05) is 31.8 Å². The normalized spacial score (nSPS) is 16.4. The average Bonchev–Trinajstić information content (AvgIpc) is 2.55. The number of ether oxygens (including phenoxy) is 3. The molecule has 0 amide bonds. The Morgan fingerprint density at radius 1 is 1.17 bits per heavy atom. The lowest BCUT2D eigenvalue weighted by atomic mass is 10.2. The van der Waals surface area contributed by atoms with Crippen molar-refractivity contribution in [2.24, 2.45) is 5.11 Å². The van der Waals surface area contributed by atoms with Gasteiger partial charge in [-0.05, 0) is 25.3 Å². The number of aliphatic hydroxyl groups excluding tert-OH is 2. The molecule has 4 atom stereocenters. The number of aliphatic hydroxyl groups is 2. The van der Waals surface area contributed by atoms with E-state index in [9.17, 15) is 10.2 Å². The van der Waals surface area contributed by atoms with Crippen molar-refractivity contribution < 1.29 is 24.4 Å². The molecule has 0 aliphatic carbocycles. The summed E-state index contributed by atoms with van der Waals surface area (Å²) in [7, 11) is 0. The summed E-state index contributed by atoms with van der Waals surface area (Å²) in [6.45, 7) is 6.72. The summed E-state index contributed by atoms with van der Waals surface area (Å²) < 4.78 is 16.3. The molecule has 0 rings (SSSR count). The molecule has 0 aromatic heterocycles. The highest BCUT2D eigenvalue weighted by Gasteiger charge is 2.26. The molecule has 0 aromatic rings. The van der Waals surface area contributed by atoms with Crippen molar-refractivity contribution >= 4 is 0 Å². The topological polar surface area (TPSA) is 117 Å². The van der Waals surface area contributed by atoms with Gasteiger partial charge in [0.25, 0.3) is 0 Å². The van der Waals surface area contributed by atoms with Crippen LogP contribution in [0.1, 0.15) is 46.5 Å². The number of azide groups is 1. The van der Waals surface area contributed by atoms with Gasteiger partial charge in [-0.2, -0.15) is 0 Å². The van der Waals surface area contributed by atoms with Gasteiger partial charge in [0.1, 0.15) is 12.1 Å². The summed E-state index contributed by atoms with van der Waals surface area (Å²) in [4.78, 5) is 2.71. The van der Waals surface area contributed by atoms with Crippen molar-refractivity contribution in [3.05, 3.63) is 10.4 Å². The molecule has 0 radical (unpaired) electrons. The number of hydrogen-bond acceptors (Lipinski definition) is 6. The van der Waals surface area contributed by atoms with E-state index in [4.69, 9.17) is 19.7 Å². The molecule has 0 bridgehead atoms. The smallest absolute Gasteiger partial charge is 0.165 e. The second kappa shape index (κ2) is 14.7. The van der Waals surface area contributed by atoms with Crippen LogP contribution in [0.25, 0.3) is 10.4 Å². The first kappa shape index (κ1) is 22.1. The second-order valence-corrected chi connectivity index (χ2v) is 5.38. The quantitative estimate of drug-likeness (QED) is 0.157. The Labute approximate surface area is 138 Å². The van der Waals surface area contributed by atoms with Gasteiger partial charge in [-0.15, -0.1) is 0 Å². The zero-order valence-electron chi connectivity index (χ0n) is 14.4. The maximum atomic E-state index is 10.1. The first-order chi connectivity index (χ1) is 11.1. The minimum atomic E-state index is -1.36. The lowest BCUT2D eigenvalue weighted by molar-refractivity contribution is -0.194. The van der Waals surface area contributed by atoms with Crippen molar-refractivity contribution in [2.75, 3.05) is 26.4 Å². The first-order valence-electron chi connectivity index (χ1n) is 8.28. The van der Waals surface area contributed by atoms with Crippen molar-refractivity contribution in [3.8, 4) is 0 Å². The van der Waals surface area contributed by atoms with E-state index in [-0.39, 0.29) is 19.3 Å². The molecule has 0 saturated carbocycles. The van der Waals surface area contributed by atoms with E-state index in [1.54, 1.807) is 6.92 Å². The summed E-state index contributed by atoms with van der Waals surface area (Å²) in [6.07, 6.45) is 1.36. The largest absolute Gasteiger partial charge is 0.394 e. The number of unbranched alkanes of at least 4 members (excludes halogenated alkanes) is 2. The second-order valence-electron chi connectivity index (χ2n) is 5.38. The van der Waals surface area contributed by atoms with Gasteiger partial charge in [-0.3, -0.25) is 0 Å². The van der Waals surface area contributed by atoms with Crippen LogP contribution in [-0.4, -0.2) is 61.2 Å². The predicted molar refractivity (Wildman–Crippen MR) is 86.9 cm³/mol. The molecular weight excluding hydrogens is 302 g/mol. The van der Waals surface area contributed by atoms with Crippen LogP contribution in [0.4, 0.5) is 0 Å². The van der Waals surface area contributed by atoms with Crippen LogP contribution in [-0.2, 0) is 14.2 Å². The summed E-state index contributed by atoms with van der Waals surface area (Å²) in [5.74, 6) is 0. The molecule has 0 aliphatic heterocycles. The standard InChI is InChI=1S/C15H31N3O5/c1-4-6-8-21-11-13(17-18-16)15(20)23-14(10-19)12(3)22-9-7-5-2/h12-15,19-20H,4-11H2,1-3H3/t12-,13-,14?,15?/m0/s1. The molecule has 0 spiro atoms. The van der Waals surface area contributed by atoms with Gasteiger partial charge in [0.05, 0.1) is 19.3 Å². The molecule has 136 valence electrons. The molecular formula is C15H31N3O5. The molecule has 8 nitrogen and oxygen atoms in total. The maximum Gasteiger partial charge on any atom is 0.165 e. The third-order valence-electron chi connectivity index (χ3n) is 3.36. The lowest BCUT2D eigenvalue weighted by Gasteiger charge is -2.27. The fourth-order valence-corrected chi connectivity index (χ4v) is 1.78. The summed E-state index contributed by atoms with van der Waals surface area (Å²) in [6, 6.07) is -0.867. The maximum absolute atomic E-state index is 10.1. The summed E-state index contributed by atoms with van der Waals surface area (Å²) in [5.41, 5.74) is 8.59. The van der Waals surface area contributed by atoms with Gasteiger partial charge < -0.3 is 24.4 Å². The number of rotatable bonds is 15. The van der Waals surface area contributed by atoms with Crippen LogP contribution in [0.5, 0.6) is 0 Å². The third kappa shape index (κ3) is 10.5. The zero-order chi connectivity index (χ0) is 17.5. The predicted octanol–water partition coefficient (Wildman–Crippen LogP) is 2.38. The molecule has 0 aliphatic rings. The average molecular weight is 333 g/mol. The fourth-order valence-electron chi connectivity index (χ4n) is 1.78. The first-order valence-corrected chi connectivity index (χ1v) is 8.28. The van der Waals surface area contributed by atoms with Gasteiger partial charge in [0.15, 0.2) is 6.29 Å². The molecule has 2 N–H and O–H groups in total. The van der Waals surface area contributed by atoms with Crippen LogP contribution >= 0.6 is 0 Å². The SMILES string of the molecule is CCCCOC[C@H](N=[N+]=[N-])C(O)OC(CO)[C@H](C)OCCCC. The number of hydrogen-bond donors (Lipinski definition) is 2. The van der Waals surface area contributed by atoms with Crippen molar-refractivity contribution in [1.82, 2.24) is 0 Å². The highest BCUT2D eigenvalue weighted by molar-refractivity contribution is 4.74. The molecule has 0 fully saturated rings. The third-order valence-corrected chi connectivity index (χ3v) is 3.36. The Bertz CT molecular complexity index is 326. The van der Waals surface area contributed by atoms with Crippen molar-refractivity contribution in [2.45, 2.75) is 71.0 Å². The molecule has 23 heavy (non-hydrogen) atoms. The van der Waals surface area contributed by atoms with Crippen LogP contribution in [0.15, 0.2) is 5.11 Å². The Balaban J connectivity index is 4.42. The van der Waals surface area contributed by atoms with E-state index in [1.165, 1.54) is 0 Å². The van der Waals surface area contributed by atoms with Crippen LogP contribution in [0.3, 0.4) is 0 Å². The minimum Gasteiger partial charge on any atom is -0.394 e. The van der Waals surface area contributed by atoms with Crippen molar-refractivity contribution in [3.63, 3.8) is 0 Å². The molecule has 0 saturated heterocycles. The molecule has 2 unspecified atom stereocenters. The minimum absolute atomic E-state index is 0.0639. The zero-order valence-corrected chi connectivity index (χ0v) is 14.4. The van der Waals surface area contributed by atoms with Crippen LogP contribution in [0.2, 0.25) is 0 Å². The molecule has 0 heterocycles.